The highest BCUT2D eigenvalue weighted by molar-refractivity contribution is 5.98. The van der Waals surface area contributed by atoms with Gasteiger partial charge in [0.25, 0.3) is 5.91 Å². The second-order valence-corrected chi connectivity index (χ2v) is 9.10. The number of hydrogen-bond acceptors (Lipinski definition) is 2. The molecule has 0 aliphatic carbocycles. The number of benzene rings is 1. The standard InChI is InChI=1S/C24H30F3N3O2/c1-6-8-16-10-11-17(24(25,26)27)13-19(16)22(31)28-21-14-20(23(2,3)4)29(5)30(21)15-18-9-7-12-32-18/h6,8,10-11,13-14,18H,7,9,12,15H2,1-5H3/t18-/m1/s1. The summed E-state index contributed by atoms with van der Waals surface area (Å²) < 4.78 is 49.4. The highest BCUT2D eigenvalue weighted by atomic mass is 19.4. The fourth-order valence-electron chi connectivity index (χ4n) is 3.97. The lowest BCUT2D eigenvalue weighted by molar-refractivity contribution is -0.137. The van der Waals surface area contributed by atoms with Crippen molar-refractivity contribution in [3.63, 3.8) is 0 Å². The molecule has 1 saturated heterocycles. The van der Waals surface area contributed by atoms with E-state index in [-0.39, 0.29) is 17.1 Å². The Labute approximate surface area is 186 Å². The largest absolute Gasteiger partial charge is 0.416 e. The minimum Gasteiger partial charge on any atom is -0.376 e. The van der Waals surface area contributed by atoms with E-state index in [1.807, 2.05) is 22.5 Å². The number of nitrogens with zero attached hydrogens (tertiary/aromatic N) is 3. The third kappa shape index (κ3) is 5.23. The zero-order valence-corrected chi connectivity index (χ0v) is 19.2. The van der Waals surface area contributed by atoms with E-state index >= 15 is 0 Å². The number of hydrogen-bond donors (Lipinski definition) is 0. The lowest BCUT2D eigenvalue weighted by atomic mass is 9.92. The van der Waals surface area contributed by atoms with Crippen molar-refractivity contribution >= 4 is 12.0 Å². The van der Waals surface area contributed by atoms with E-state index in [2.05, 4.69) is 25.8 Å². The topological polar surface area (TPSA) is 48.5 Å². The molecule has 0 radical (unpaired) electrons. The molecule has 0 N–H and O–H groups in total. The van der Waals surface area contributed by atoms with Gasteiger partial charge >= 0.3 is 6.18 Å². The summed E-state index contributed by atoms with van der Waals surface area (Å²) in [6.45, 7) is 9.13. The first-order valence-electron chi connectivity index (χ1n) is 10.7. The Morgan fingerprint density at radius 2 is 1.97 bits per heavy atom. The van der Waals surface area contributed by atoms with Gasteiger partial charge in [0.05, 0.1) is 18.2 Å². The second-order valence-electron chi connectivity index (χ2n) is 9.10. The number of alkyl halides is 3. The summed E-state index contributed by atoms with van der Waals surface area (Å²) in [5, 5.41) is 0. The van der Waals surface area contributed by atoms with Crippen molar-refractivity contribution in [3.8, 4) is 0 Å². The van der Waals surface area contributed by atoms with Gasteiger partial charge in [-0.2, -0.15) is 18.2 Å². The molecule has 2 heterocycles. The fraction of sp³-hybridized carbons (Fsp3) is 0.500. The van der Waals surface area contributed by atoms with Gasteiger partial charge < -0.3 is 4.74 Å². The summed E-state index contributed by atoms with van der Waals surface area (Å²) in [5.74, 6) is -0.712. The van der Waals surface area contributed by atoms with Gasteiger partial charge in [0.2, 0.25) is 0 Å². The number of allylic oxidation sites excluding steroid dienone is 1. The zero-order valence-electron chi connectivity index (χ0n) is 19.2. The minimum absolute atomic E-state index is 0.0117. The van der Waals surface area contributed by atoms with Gasteiger partial charge in [-0.1, -0.05) is 39.0 Å². The van der Waals surface area contributed by atoms with Gasteiger partial charge in [-0.3, -0.25) is 14.2 Å². The van der Waals surface area contributed by atoms with E-state index in [4.69, 9.17) is 4.74 Å². The Hall–Kier alpha value is -2.61. The van der Waals surface area contributed by atoms with Crippen LogP contribution in [-0.2, 0) is 29.9 Å². The zero-order chi connectivity index (χ0) is 23.7. The summed E-state index contributed by atoms with van der Waals surface area (Å²) in [4.78, 5) is 17.4. The third-order valence-electron chi connectivity index (χ3n) is 5.58. The number of rotatable bonds is 4. The maximum atomic E-state index is 13.3. The number of carbonyl (C=O) groups is 1. The monoisotopic (exact) mass is 449 g/mol. The molecule has 2 aromatic rings. The lowest BCUT2D eigenvalue weighted by Crippen LogP contribution is -2.30. The number of amides is 1. The Kier molecular flexibility index (Phi) is 6.83. The molecule has 1 aliphatic rings. The van der Waals surface area contributed by atoms with E-state index in [1.54, 1.807) is 19.1 Å². The maximum absolute atomic E-state index is 13.3. The van der Waals surface area contributed by atoms with Crippen molar-refractivity contribution in [1.29, 1.82) is 0 Å². The molecule has 1 fully saturated rings. The SMILES string of the molecule is CC=Cc1ccc(C(F)(F)F)cc1C(=O)N=c1cc(C(C)(C)C)n(C)n1C[C@H]1CCCO1. The van der Waals surface area contributed by atoms with Crippen LogP contribution in [0.15, 0.2) is 35.3 Å². The van der Waals surface area contributed by atoms with Gasteiger partial charge in [0.1, 0.15) is 0 Å². The van der Waals surface area contributed by atoms with E-state index in [9.17, 15) is 18.0 Å². The molecular weight excluding hydrogens is 419 g/mol. The highest BCUT2D eigenvalue weighted by Gasteiger charge is 2.31. The molecule has 1 atom stereocenters. The molecule has 0 bridgehead atoms. The van der Waals surface area contributed by atoms with Crippen molar-refractivity contribution in [1.82, 2.24) is 9.36 Å². The average Bonchev–Trinajstić information content (AvgIpc) is 3.31. The molecule has 1 aromatic heterocycles. The summed E-state index contributed by atoms with van der Waals surface area (Å²) in [5.41, 5.74) is 0.590. The maximum Gasteiger partial charge on any atom is 0.416 e. The molecule has 1 aromatic carbocycles. The van der Waals surface area contributed by atoms with E-state index in [0.717, 1.165) is 30.7 Å². The Bertz CT molecular complexity index is 1080. The summed E-state index contributed by atoms with van der Waals surface area (Å²) in [6, 6.07) is 4.98. The van der Waals surface area contributed by atoms with Crippen LogP contribution >= 0.6 is 0 Å². The van der Waals surface area contributed by atoms with Gasteiger partial charge in [-0.25, -0.2) is 0 Å². The smallest absolute Gasteiger partial charge is 0.376 e. The van der Waals surface area contributed by atoms with E-state index < -0.39 is 17.6 Å². The van der Waals surface area contributed by atoms with Crippen molar-refractivity contribution in [3.05, 3.63) is 58.2 Å². The summed E-state index contributed by atoms with van der Waals surface area (Å²) >= 11 is 0. The van der Waals surface area contributed by atoms with Crippen LogP contribution in [0.5, 0.6) is 0 Å². The van der Waals surface area contributed by atoms with Crippen LogP contribution in [0.1, 0.15) is 67.7 Å². The van der Waals surface area contributed by atoms with Gasteiger partial charge in [-0.05, 0) is 37.5 Å². The summed E-state index contributed by atoms with van der Waals surface area (Å²) in [6.07, 6.45) is 0.638. The molecule has 0 saturated carbocycles. The van der Waals surface area contributed by atoms with Crippen molar-refractivity contribution < 1.29 is 22.7 Å². The average molecular weight is 450 g/mol. The third-order valence-corrected chi connectivity index (χ3v) is 5.58. The molecule has 174 valence electrons. The first-order chi connectivity index (χ1) is 14.9. The highest BCUT2D eigenvalue weighted by Crippen LogP contribution is 2.31. The molecule has 0 spiro atoms. The molecule has 3 rings (SSSR count). The predicted molar refractivity (Wildman–Crippen MR) is 117 cm³/mol. The van der Waals surface area contributed by atoms with Crippen LogP contribution < -0.4 is 5.49 Å². The van der Waals surface area contributed by atoms with Gasteiger partial charge in [0, 0.05) is 36.4 Å². The molecule has 1 amide bonds. The van der Waals surface area contributed by atoms with Gasteiger partial charge in [0.15, 0.2) is 5.49 Å². The first kappa shape index (κ1) is 24.0. The molecule has 0 unspecified atom stereocenters. The lowest BCUT2D eigenvalue weighted by Gasteiger charge is -2.21. The number of carbonyl (C=O) groups excluding carboxylic acids is 1. The molecular formula is C24H30F3N3O2. The summed E-state index contributed by atoms with van der Waals surface area (Å²) in [7, 11) is 1.90. The minimum atomic E-state index is -4.55. The molecule has 1 aliphatic heterocycles. The molecule has 32 heavy (non-hydrogen) atoms. The van der Waals surface area contributed by atoms with Gasteiger partial charge in [-0.15, -0.1) is 0 Å². The quantitative estimate of drug-likeness (QED) is 0.652. The van der Waals surface area contributed by atoms with Crippen LogP contribution in [0.2, 0.25) is 0 Å². The molecule has 5 nitrogen and oxygen atoms in total. The van der Waals surface area contributed by atoms with Crippen molar-refractivity contribution in [2.75, 3.05) is 6.61 Å². The predicted octanol–water partition coefficient (Wildman–Crippen LogP) is 5.10. The second kappa shape index (κ2) is 9.10. The van der Waals surface area contributed by atoms with Crippen LogP contribution in [0, 0.1) is 0 Å². The number of aromatic nitrogens is 2. The van der Waals surface area contributed by atoms with Crippen LogP contribution in [0.25, 0.3) is 6.08 Å². The normalized spacial score (nSPS) is 18.1. The van der Waals surface area contributed by atoms with Crippen LogP contribution in [-0.4, -0.2) is 28.0 Å². The fourth-order valence-corrected chi connectivity index (χ4v) is 3.97. The molecule has 8 heteroatoms. The number of halogens is 3. The Morgan fingerprint density at radius 3 is 2.53 bits per heavy atom. The van der Waals surface area contributed by atoms with Crippen LogP contribution in [0.3, 0.4) is 0 Å². The first-order valence-corrected chi connectivity index (χ1v) is 10.7. The van der Waals surface area contributed by atoms with Crippen molar-refractivity contribution in [2.24, 2.45) is 12.0 Å². The Morgan fingerprint density at radius 1 is 1.25 bits per heavy atom. The number of ether oxygens (including phenoxy) is 1. The van der Waals surface area contributed by atoms with E-state index in [0.29, 0.717) is 24.2 Å². The van der Waals surface area contributed by atoms with Crippen LogP contribution in [0.4, 0.5) is 13.2 Å². The van der Waals surface area contributed by atoms with E-state index in [1.165, 1.54) is 6.07 Å². The Balaban J connectivity index is 2.13. The van der Waals surface area contributed by atoms with Crippen molar-refractivity contribution in [2.45, 2.75) is 64.8 Å².